The summed E-state index contributed by atoms with van der Waals surface area (Å²) in [6, 6.07) is 9.71. The maximum atomic E-state index is 11.9. The second-order valence-electron chi connectivity index (χ2n) is 4.49. The van der Waals surface area contributed by atoms with Crippen LogP contribution in [0, 0.1) is 0 Å². The van der Waals surface area contributed by atoms with Crippen LogP contribution in [0.2, 0.25) is 0 Å². The number of para-hydroxylation sites is 1. The molecule has 2 aromatic rings. The second kappa shape index (κ2) is 6.95. The molecule has 0 aliphatic rings. The highest BCUT2D eigenvalue weighted by atomic mass is 16.5. The lowest BCUT2D eigenvalue weighted by molar-refractivity contribution is 0.0909. The van der Waals surface area contributed by atoms with Crippen molar-refractivity contribution >= 4 is 16.8 Å². The van der Waals surface area contributed by atoms with E-state index in [1.165, 1.54) is 0 Å². The number of benzene rings is 1. The Hall–Kier alpha value is -1.81. The third kappa shape index (κ3) is 3.83. The van der Waals surface area contributed by atoms with Crippen molar-refractivity contribution in [1.82, 2.24) is 10.3 Å². The highest BCUT2D eigenvalue weighted by Crippen LogP contribution is 2.14. The molecule has 4 heteroatoms. The number of fused-ring (bicyclic) bond motifs is 1. The summed E-state index contributed by atoms with van der Waals surface area (Å²) in [5.41, 5.74) is 1.57. The Labute approximate surface area is 113 Å². The van der Waals surface area contributed by atoms with E-state index in [1.54, 1.807) is 0 Å². The predicted molar refractivity (Wildman–Crippen MR) is 76.4 cm³/mol. The molecular formula is C15H20N2O2. The monoisotopic (exact) mass is 260 g/mol. The minimum atomic E-state index is -0.0877. The summed E-state index contributed by atoms with van der Waals surface area (Å²) in [4.78, 5) is 15.0. The van der Waals surface area contributed by atoms with Crippen LogP contribution in [0.3, 0.4) is 0 Å². The van der Waals surface area contributed by atoms with Crippen LogP contribution in [-0.4, -0.2) is 30.6 Å². The molecule has 0 atom stereocenters. The molecule has 0 saturated carbocycles. The topological polar surface area (TPSA) is 54.1 Å². The number of hydrogen-bond acceptors (Lipinski definition) is 2. The predicted octanol–water partition coefficient (Wildman–Crippen LogP) is 2.71. The Morgan fingerprint density at radius 2 is 2.16 bits per heavy atom. The molecule has 1 aromatic heterocycles. The van der Waals surface area contributed by atoms with E-state index in [0.717, 1.165) is 30.4 Å². The molecule has 4 nitrogen and oxygen atoms in total. The fraction of sp³-hybridized carbons (Fsp3) is 0.400. The largest absolute Gasteiger partial charge is 0.380 e. The number of ether oxygens (including phenoxy) is 1. The molecule has 0 fully saturated rings. The molecule has 0 aliphatic heterocycles. The molecule has 1 heterocycles. The first-order valence-electron chi connectivity index (χ1n) is 6.75. The quantitative estimate of drug-likeness (QED) is 0.752. The Balaban J connectivity index is 1.79. The Morgan fingerprint density at radius 1 is 1.32 bits per heavy atom. The van der Waals surface area contributed by atoms with Gasteiger partial charge in [-0.1, -0.05) is 31.5 Å². The zero-order chi connectivity index (χ0) is 13.5. The van der Waals surface area contributed by atoms with Crippen LogP contribution in [0.1, 0.15) is 30.3 Å². The van der Waals surface area contributed by atoms with Crippen molar-refractivity contribution in [2.24, 2.45) is 0 Å². The van der Waals surface area contributed by atoms with Crippen molar-refractivity contribution in [3.8, 4) is 0 Å². The van der Waals surface area contributed by atoms with Gasteiger partial charge in [-0.2, -0.15) is 0 Å². The first kappa shape index (κ1) is 13.6. The van der Waals surface area contributed by atoms with Crippen LogP contribution >= 0.6 is 0 Å². The highest BCUT2D eigenvalue weighted by Gasteiger charge is 2.08. The summed E-state index contributed by atoms with van der Waals surface area (Å²) in [5, 5.41) is 3.89. The van der Waals surface area contributed by atoms with Gasteiger partial charge in [-0.15, -0.1) is 0 Å². The van der Waals surface area contributed by atoms with Crippen molar-refractivity contribution in [2.45, 2.75) is 19.8 Å². The van der Waals surface area contributed by atoms with Gasteiger partial charge in [-0.25, -0.2) is 0 Å². The average molecular weight is 260 g/mol. The number of H-pyrrole nitrogens is 1. The van der Waals surface area contributed by atoms with Crippen molar-refractivity contribution in [3.05, 3.63) is 36.0 Å². The molecule has 1 amide bonds. The zero-order valence-electron chi connectivity index (χ0n) is 11.2. The highest BCUT2D eigenvalue weighted by molar-refractivity contribution is 5.97. The number of rotatable bonds is 7. The van der Waals surface area contributed by atoms with Crippen molar-refractivity contribution in [1.29, 1.82) is 0 Å². The molecule has 0 bridgehead atoms. The van der Waals surface area contributed by atoms with Gasteiger partial charge >= 0.3 is 0 Å². The van der Waals surface area contributed by atoms with E-state index >= 15 is 0 Å². The third-order valence-electron chi connectivity index (χ3n) is 2.95. The van der Waals surface area contributed by atoms with E-state index in [-0.39, 0.29) is 5.91 Å². The van der Waals surface area contributed by atoms with E-state index in [0.29, 0.717) is 18.8 Å². The van der Waals surface area contributed by atoms with Crippen LogP contribution in [-0.2, 0) is 4.74 Å². The zero-order valence-corrected chi connectivity index (χ0v) is 11.2. The maximum absolute atomic E-state index is 11.9. The van der Waals surface area contributed by atoms with E-state index < -0.39 is 0 Å². The van der Waals surface area contributed by atoms with Gasteiger partial charge in [0.1, 0.15) is 5.69 Å². The van der Waals surface area contributed by atoms with E-state index in [9.17, 15) is 4.79 Å². The molecule has 1 aromatic carbocycles. The molecule has 0 saturated heterocycles. The number of nitrogens with one attached hydrogen (secondary N) is 2. The SMILES string of the molecule is CCCCOCCNC(=O)c1cc2ccccc2[nH]1. The number of carbonyl (C=O) groups excluding carboxylic acids is 1. The molecule has 19 heavy (non-hydrogen) atoms. The summed E-state index contributed by atoms with van der Waals surface area (Å²) in [5.74, 6) is -0.0877. The molecule has 102 valence electrons. The molecule has 0 unspecified atom stereocenters. The van der Waals surface area contributed by atoms with Gasteiger partial charge in [-0.05, 0) is 18.6 Å². The average Bonchev–Trinajstić information content (AvgIpc) is 2.86. The number of carbonyl (C=O) groups is 1. The lowest BCUT2D eigenvalue weighted by Gasteiger charge is -2.04. The van der Waals surface area contributed by atoms with Gasteiger partial charge in [0.05, 0.1) is 6.61 Å². The minimum absolute atomic E-state index is 0.0877. The molecule has 0 aliphatic carbocycles. The molecule has 0 radical (unpaired) electrons. The van der Waals surface area contributed by atoms with Crippen LogP contribution in [0.25, 0.3) is 10.9 Å². The number of aromatic amines is 1. The maximum Gasteiger partial charge on any atom is 0.267 e. The summed E-state index contributed by atoms with van der Waals surface area (Å²) >= 11 is 0. The number of aromatic nitrogens is 1. The second-order valence-corrected chi connectivity index (χ2v) is 4.49. The van der Waals surface area contributed by atoms with Crippen molar-refractivity contribution in [2.75, 3.05) is 19.8 Å². The van der Waals surface area contributed by atoms with Crippen molar-refractivity contribution in [3.63, 3.8) is 0 Å². The first-order valence-corrected chi connectivity index (χ1v) is 6.75. The van der Waals surface area contributed by atoms with Gasteiger partial charge in [0.15, 0.2) is 0 Å². The van der Waals surface area contributed by atoms with Crippen molar-refractivity contribution < 1.29 is 9.53 Å². The molecule has 2 rings (SSSR count). The normalized spacial score (nSPS) is 10.8. The molecule has 0 spiro atoms. The fourth-order valence-electron chi connectivity index (χ4n) is 1.88. The Morgan fingerprint density at radius 3 is 2.95 bits per heavy atom. The van der Waals surface area contributed by atoms with E-state index in [1.807, 2.05) is 30.3 Å². The number of hydrogen-bond donors (Lipinski definition) is 2. The van der Waals surface area contributed by atoms with Gasteiger partial charge in [0.2, 0.25) is 0 Å². The number of unbranched alkanes of at least 4 members (excludes halogenated alkanes) is 1. The van der Waals surface area contributed by atoms with Crippen LogP contribution in [0.4, 0.5) is 0 Å². The molecular weight excluding hydrogens is 240 g/mol. The van der Waals surface area contributed by atoms with Gasteiger partial charge in [0.25, 0.3) is 5.91 Å². The molecule has 2 N–H and O–H groups in total. The third-order valence-corrected chi connectivity index (χ3v) is 2.95. The smallest absolute Gasteiger partial charge is 0.267 e. The lowest BCUT2D eigenvalue weighted by Crippen LogP contribution is -2.27. The summed E-state index contributed by atoms with van der Waals surface area (Å²) in [6.07, 6.45) is 2.19. The minimum Gasteiger partial charge on any atom is -0.380 e. The standard InChI is InChI=1S/C15H20N2O2/c1-2-3-9-19-10-8-16-15(18)14-11-12-6-4-5-7-13(12)17-14/h4-7,11,17H,2-3,8-10H2,1H3,(H,16,18). The summed E-state index contributed by atoms with van der Waals surface area (Å²) in [7, 11) is 0. The summed E-state index contributed by atoms with van der Waals surface area (Å²) < 4.78 is 5.39. The van der Waals surface area contributed by atoms with Crippen LogP contribution in [0.5, 0.6) is 0 Å². The van der Waals surface area contributed by atoms with E-state index in [4.69, 9.17) is 4.74 Å². The first-order chi connectivity index (χ1) is 9.31. The lowest BCUT2D eigenvalue weighted by atomic mass is 10.2. The Kier molecular flexibility index (Phi) is 4.98. The van der Waals surface area contributed by atoms with Crippen LogP contribution < -0.4 is 5.32 Å². The summed E-state index contributed by atoms with van der Waals surface area (Å²) in [6.45, 7) is 3.99. The Bertz CT molecular complexity index is 501. The number of amides is 1. The van der Waals surface area contributed by atoms with Gasteiger partial charge < -0.3 is 15.0 Å². The fourth-order valence-corrected chi connectivity index (χ4v) is 1.88. The van der Waals surface area contributed by atoms with Crippen LogP contribution in [0.15, 0.2) is 30.3 Å². The van der Waals surface area contributed by atoms with Gasteiger partial charge in [0, 0.05) is 24.1 Å². The van der Waals surface area contributed by atoms with Gasteiger partial charge in [-0.3, -0.25) is 4.79 Å². The van der Waals surface area contributed by atoms with E-state index in [2.05, 4.69) is 17.2 Å².